The third-order valence-corrected chi connectivity index (χ3v) is 7.76. The number of rotatable bonds is 5. The summed E-state index contributed by atoms with van der Waals surface area (Å²) in [6.07, 6.45) is 7.21. The van der Waals surface area contributed by atoms with E-state index in [9.17, 15) is 14.7 Å². The number of hydrogen-bond donors (Lipinski definition) is 1. The summed E-state index contributed by atoms with van der Waals surface area (Å²) in [5.41, 5.74) is 5.39. The number of nitrogens with zero attached hydrogens (tertiary/aromatic N) is 4. The summed E-state index contributed by atoms with van der Waals surface area (Å²) < 4.78 is 4.40. The van der Waals surface area contributed by atoms with Crippen LogP contribution in [0.3, 0.4) is 0 Å². The van der Waals surface area contributed by atoms with Gasteiger partial charge in [-0.2, -0.15) is 9.78 Å². The molecule has 2 aromatic heterocycles. The number of carbonyl (C=O) groups is 1. The summed E-state index contributed by atoms with van der Waals surface area (Å²) in [7, 11) is 0. The van der Waals surface area contributed by atoms with Gasteiger partial charge < -0.3 is 9.67 Å². The molecule has 1 N–H and O–H groups in total. The molecule has 0 saturated heterocycles. The molecule has 1 fully saturated rings. The average molecular weight is 561 g/mol. The second-order valence-electron chi connectivity index (χ2n) is 9.80. The van der Waals surface area contributed by atoms with Gasteiger partial charge in [-0.05, 0) is 81.6 Å². The Morgan fingerprint density at radius 2 is 1.84 bits per heavy atom. The topological polar surface area (TPSA) is 89.5 Å². The molecule has 0 atom stereocenters. The lowest BCUT2D eigenvalue weighted by molar-refractivity contribution is 0.0697. The van der Waals surface area contributed by atoms with Gasteiger partial charge in [0.05, 0.1) is 22.7 Å². The van der Waals surface area contributed by atoms with E-state index in [0.717, 1.165) is 64.2 Å². The van der Waals surface area contributed by atoms with Crippen LogP contribution in [0, 0.1) is 20.8 Å². The number of carboxylic acids is 1. The van der Waals surface area contributed by atoms with Crippen LogP contribution >= 0.6 is 15.9 Å². The van der Waals surface area contributed by atoms with Crippen LogP contribution in [0.2, 0.25) is 0 Å². The lowest BCUT2D eigenvalue weighted by Crippen LogP contribution is -2.25. The van der Waals surface area contributed by atoms with Gasteiger partial charge in [0.2, 0.25) is 0 Å². The highest BCUT2D eigenvalue weighted by atomic mass is 79.9. The minimum atomic E-state index is -0.946. The Bertz CT molecular complexity index is 1610. The Morgan fingerprint density at radius 3 is 2.54 bits per heavy atom. The largest absolute Gasteiger partial charge is 0.478 e. The molecule has 5 rings (SSSR count). The van der Waals surface area contributed by atoms with E-state index in [1.807, 2.05) is 45.0 Å². The zero-order chi connectivity index (χ0) is 26.3. The van der Waals surface area contributed by atoms with Gasteiger partial charge in [0.25, 0.3) is 5.56 Å². The van der Waals surface area contributed by atoms with Crippen molar-refractivity contribution in [2.24, 2.45) is 5.10 Å². The first kappa shape index (κ1) is 25.1. The minimum absolute atomic E-state index is 0.169. The van der Waals surface area contributed by atoms with Crippen LogP contribution < -0.4 is 5.56 Å². The van der Waals surface area contributed by atoms with E-state index in [4.69, 9.17) is 10.1 Å². The highest BCUT2D eigenvalue weighted by Gasteiger charge is 2.23. The molecule has 0 aliphatic heterocycles. The van der Waals surface area contributed by atoms with Crippen molar-refractivity contribution in [3.63, 3.8) is 0 Å². The Hall–Kier alpha value is -3.52. The number of hydrogen-bond acceptors (Lipinski definition) is 4. The smallest absolute Gasteiger partial charge is 0.335 e. The first-order chi connectivity index (χ1) is 17.7. The highest BCUT2D eigenvalue weighted by Crippen LogP contribution is 2.32. The Balaban J connectivity index is 1.60. The van der Waals surface area contributed by atoms with Crippen LogP contribution in [0.4, 0.5) is 0 Å². The van der Waals surface area contributed by atoms with E-state index in [0.29, 0.717) is 10.9 Å². The quantitative estimate of drug-likeness (QED) is 0.282. The third kappa shape index (κ3) is 4.78. The van der Waals surface area contributed by atoms with Gasteiger partial charge in [-0.25, -0.2) is 9.78 Å². The number of fused-ring (bicyclic) bond motifs is 1. The maximum atomic E-state index is 13.6. The molecule has 190 valence electrons. The molecular weight excluding hydrogens is 532 g/mol. The Labute approximate surface area is 223 Å². The third-order valence-electron chi connectivity index (χ3n) is 7.27. The average Bonchev–Trinajstić information content (AvgIpc) is 3.16. The first-order valence-corrected chi connectivity index (χ1v) is 13.3. The van der Waals surface area contributed by atoms with Crippen molar-refractivity contribution in [3.8, 4) is 5.69 Å². The number of benzene rings is 2. The molecule has 37 heavy (non-hydrogen) atoms. The standard InChI is InChI=1S/C29H29BrN4O3/c1-17-13-21(29(36)37)9-12-26(17)33-18(2)14-22(19(33)3)16-31-34-27(20-7-5-4-6-8-20)32-25-11-10-23(30)15-24(25)28(34)35/h9-16,20H,4-8H2,1-3H3,(H,36,37). The molecule has 8 heteroatoms. The van der Waals surface area contributed by atoms with E-state index >= 15 is 0 Å². The predicted octanol–water partition coefficient (Wildman–Crippen LogP) is 6.50. The summed E-state index contributed by atoms with van der Waals surface area (Å²) in [4.78, 5) is 29.9. The highest BCUT2D eigenvalue weighted by molar-refractivity contribution is 9.10. The van der Waals surface area contributed by atoms with Crippen LogP contribution in [0.25, 0.3) is 16.6 Å². The molecule has 0 unspecified atom stereocenters. The van der Waals surface area contributed by atoms with Gasteiger partial charge in [0.1, 0.15) is 5.82 Å². The molecule has 0 spiro atoms. The molecule has 1 aliphatic rings. The van der Waals surface area contributed by atoms with E-state index < -0.39 is 5.97 Å². The molecule has 4 aromatic rings. The lowest BCUT2D eigenvalue weighted by Gasteiger charge is -2.22. The lowest BCUT2D eigenvalue weighted by atomic mass is 9.88. The molecule has 0 bridgehead atoms. The Kier molecular flexibility index (Phi) is 6.86. The fourth-order valence-electron chi connectivity index (χ4n) is 5.35. The summed E-state index contributed by atoms with van der Waals surface area (Å²) in [5.74, 6) is -0.0159. The van der Waals surface area contributed by atoms with Crippen molar-refractivity contribution in [3.05, 3.63) is 91.2 Å². The molecule has 2 aromatic carbocycles. The van der Waals surface area contributed by atoms with Crippen LogP contribution in [0.1, 0.15) is 76.7 Å². The molecule has 2 heterocycles. The van der Waals surface area contributed by atoms with Crippen LogP contribution in [0.5, 0.6) is 0 Å². The van der Waals surface area contributed by atoms with Crippen molar-refractivity contribution in [1.29, 1.82) is 0 Å². The van der Waals surface area contributed by atoms with E-state index in [2.05, 4.69) is 20.5 Å². The normalized spacial score (nSPS) is 14.6. The summed E-state index contributed by atoms with van der Waals surface area (Å²) in [6.45, 7) is 5.91. The monoisotopic (exact) mass is 560 g/mol. The summed E-state index contributed by atoms with van der Waals surface area (Å²) in [6, 6.07) is 12.7. The number of aromatic nitrogens is 3. The second kappa shape index (κ2) is 10.1. The van der Waals surface area contributed by atoms with E-state index in [1.54, 1.807) is 24.4 Å². The fourth-order valence-corrected chi connectivity index (χ4v) is 5.71. The fraction of sp³-hybridized carbons (Fsp3) is 0.310. The molecule has 0 radical (unpaired) electrons. The number of aromatic carboxylic acids is 1. The molecule has 1 saturated carbocycles. The zero-order valence-electron chi connectivity index (χ0n) is 21.2. The van der Waals surface area contributed by atoms with E-state index in [1.165, 1.54) is 11.1 Å². The molecular formula is C29H29BrN4O3. The summed E-state index contributed by atoms with van der Waals surface area (Å²) >= 11 is 3.47. The van der Waals surface area contributed by atoms with Crippen molar-refractivity contribution >= 4 is 39.0 Å². The SMILES string of the molecule is Cc1cc(C(=O)O)ccc1-n1c(C)cc(C=Nn2c(C3CCCCC3)nc3ccc(Br)cc3c2=O)c1C. The van der Waals surface area contributed by atoms with Gasteiger partial charge in [-0.1, -0.05) is 35.2 Å². The number of halogens is 1. The van der Waals surface area contributed by atoms with Crippen LogP contribution in [-0.2, 0) is 0 Å². The molecule has 7 nitrogen and oxygen atoms in total. The van der Waals surface area contributed by atoms with Gasteiger partial charge >= 0.3 is 5.97 Å². The molecule has 0 amide bonds. The van der Waals surface area contributed by atoms with Crippen molar-refractivity contribution in [2.45, 2.75) is 58.8 Å². The Morgan fingerprint density at radius 1 is 1.08 bits per heavy atom. The first-order valence-electron chi connectivity index (χ1n) is 12.5. The van der Waals surface area contributed by atoms with Crippen LogP contribution in [0.15, 0.2) is 56.8 Å². The zero-order valence-corrected chi connectivity index (χ0v) is 22.7. The maximum Gasteiger partial charge on any atom is 0.335 e. The minimum Gasteiger partial charge on any atom is -0.478 e. The number of carboxylic acid groups (broad SMARTS) is 1. The van der Waals surface area contributed by atoms with E-state index in [-0.39, 0.29) is 17.0 Å². The van der Waals surface area contributed by atoms with Gasteiger partial charge in [0.15, 0.2) is 0 Å². The van der Waals surface area contributed by atoms with Gasteiger partial charge in [-0.3, -0.25) is 4.79 Å². The van der Waals surface area contributed by atoms with Gasteiger partial charge in [0, 0.05) is 33.0 Å². The predicted molar refractivity (Wildman–Crippen MR) is 149 cm³/mol. The van der Waals surface area contributed by atoms with Crippen LogP contribution in [-0.4, -0.2) is 31.5 Å². The summed E-state index contributed by atoms with van der Waals surface area (Å²) in [5, 5.41) is 14.6. The van der Waals surface area contributed by atoms with Gasteiger partial charge in [-0.15, -0.1) is 0 Å². The van der Waals surface area contributed by atoms with Crippen molar-refractivity contribution in [2.75, 3.05) is 0 Å². The number of aryl methyl sites for hydroxylation is 2. The van der Waals surface area contributed by atoms with Crippen molar-refractivity contribution in [1.82, 2.24) is 14.2 Å². The second-order valence-corrected chi connectivity index (χ2v) is 10.7. The maximum absolute atomic E-state index is 13.6. The molecule has 1 aliphatic carbocycles. The van der Waals surface area contributed by atoms with Crippen molar-refractivity contribution < 1.29 is 9.90 Å².